The van der Waals surface area contributed by atoms with Crippen LogP contribution in [-0.2, 0) is 9.59 Å². The minimum Gasteiger partial charge on any atom is -0.454 e. The molecule has 0 aromatic heterocycles. The summed E-state index contributed by atoms with van der Waals surface area (Å²) in [5.41, 5.74) is 0.465. The Labute approximate surface area is 145 Å². The number of ether oxygens (including phenoxy) is 2. The van der Waals surface area contributed by atoms with E-state index in [-0.39, 0.29) is 37.5 Å². The molecule has 3 rings (SSSR count). The van der Waals surface area contributed by atoms with E-state index in [1.165, 1.54) is 6.92 Å². The first kappa shape index (κ1) is 17.1. The van der Waals surface area contributed by atoms with Gasteiger partial charge in [0.2, 0.25) is 18.6 Å². The Morgan fingerprint density at radius 2 is 1.72 bits per heavy atom. The minimum atomic E-state index is -0.257. The number of fused-ring (bicyclic) bond motifs is 1. The van der Waals surface area contributed by atoms with Crippen LogP contribution in [0.5, 0.6) is 11.5 Å². The third-order valence-corrected chi connectivity index (χ3v) is 4.34. The van der Waals surface area contributed by atoms with Crippen LogP contribution in [-0.4, -0.2) is 67.0 Å². The molecule has 0 radical (unpaired) electrons. The molecule has 0 saturated carbocycles. The third kappa shape index (κ3) is 4.01. The highest BCUT2D eigenvalue weighted by Gasteiger charge is 2.22. The van der Waals surface area contributed by atoms with Crippen molar-refractivity contribution in [1.82, 2.24) is 15.1 Å². The lowest BCUT2D eigenvalue weighted by atomic mass is 10.2. The quantitative estimate of drug-likeness (QED) is 0.842. The van der Waals surface area contributed by atoms with Crippen molar-refractivity contribution in [2.45, 2.75) is 13.3 Å². The number of nitrogens with zero attached hydrogens (tertiary/aromatic N) is 2. The predicted molar refractivity (Wildman–Crippen MR) is 88.3 cm³/mol. The summed E-state index contributed by atoms with van der Waals surface area (Å²) in [6.07, 6.45) is 0.233. The Bertz CT molecular complexity index is 683. The molecule has 134 valence electrons. The second kappa shape index (κ2) is 7.42. The van der Waals surface area contributed by atoms with Crippen LogP contribution in [0.4, 0.5) is 0 Å². The maximum Gasteiger partial charge on any atom is 0.251 e. The van der Waals surface area contributed by atoms with Crippen molar-refractivity contribution in [3.05, 3.63) is 23.8 Å². The first-order valence-corrected chi connectivity index (χ1v) is 8.26. The zero-order chi connectivity index (χ0) is 17.8. The van der Waals surface area contributed by atoms with Gasteiger partial charge in [0, 0.05) is 51.6 Å². The minimum absolute atomic E-state index is 0.0193. The van der Waals surface area contributed by atoms with Gasteiger partial charge in [-0.15, -0.1) is 0 Å². The van der Waals surface area contributed by atoms with E-state index in [0.29, 0.717) is 43.2 Å². The molecule has 1 aromatic carbocycles. The van der Waals surface area contributed by atoms with Gasteiger partial charge < -0.3 is 24.6 Å². The maximum absolute atomic E-state index is 12.2. The van der Waals surface area contributed by atoms with Crippen molar-refractivity contribution in [1.29, 1.82) is 0 Å². The van der Waals surface area contributed by atoms with Crippen molar-refractivity contribution in [3.8, 4) is 11.5 Å². The van der Waals surface area contributed by atoms with Crippen LogP contribution in [0.2, 0.25) is 0 Å². The summed E-state index contributed by atoms with van der Waals surface area (Å²) in [6.45, 7) is 4.15. The van der Waals surface area contributed by atoms with Crippen LogP contribution in [0.1, 0.15) is 23.7 Å². The molecule has 0 unspecified atom stereocenters. The number of benzene rings is 1. The lowest BCUT2D eigenvalue weighted by Crippen LogP contribution is -2.50. The van der Waals surface area contributed by atoms with E-state index < -0.39 is 0 Å². The molecule has 8 nitrogen and oxygen atoms in total. The summed E-state index contributed by atoms with van der Waals surface area (Å²) < 4.78 is 10.5. The summed E-state index contributed by atoms with van der Waals surface area (Å²) in [4.78, 5) is 39.1. The molecule has 25 heavy (non-hydrogen) atoms. The van der Waals surface area contributed by atoms with E-state index in [0.717, 1.165) is 0 Å². The topological polar surface area (TPSA) is 88.2 Å². The Hall–Kier alpha value is -2.77. The van der Waals surface area contributed by atoms with E-state index in [9.17, 15) is 14.4 Å². The molecule has 0 spiro atoms. The maximum atomic E-state index is 12.2. The van der Waals surface area contributed by atoms with Gasteiger partial charge in [-0.05, 0) is 18.2 Å². The first-order chi connectivity index (χ1) is 12.0. The molecule has 1 saturated heterocycles. The number of hydrogen-bond donors (Lipinski definition) is 1. The standard InChI is InChI=1S/C17H21N3O5/c1-12(21)19-6-8-20(9-7-19)16(22)4-5-18-17(23)13-2-3-14-15(10-13)25-11-24-14/h2-3,10H,4-9,11H2,1H3,(H,18,23). The molecular formula is C17H21N3O5. The Morgan fingerprint density at radius 1 is 1.04 bits per heavy atom. The summed E-state index contributed by atoms with van der Waals surface area (Å²) in [5, 5.41) is 2.74. The van der Waals surface area contributed by atoms with Crippen molar-refractivity contribution >= 4 is 17.7 Å². The molecular weight excluding hydrogens is 326 g/mol. The number of nitrogens with one attached hydrogen (secondary N) is 1. The van der Waals surface area contributed by atoms with Crippen molar-refractivity contribution in [2.24, 2.45) is 0 Å². The van der Waals surface area contributed by atoms with Gasteiger partial charge in [0.05, 0.1) is 0 Å². The predicted octanol–water partition coefficient (Wildman–Crippen LogP) is 0.226. The summed E-state index contributed by atoms with van der Waals surface area (Å²) in [6, 6.07) is 4.98. The molecule has 1 fully saturated rings. The molecule has 2 aliphatic rings. The van der Waals surface area contributed by atoms with Gasteiger partial charge in [-0.2, -0.15) is 0 Å². The van der Waals surface area contributed by atoms with Crippen LogP contribution >= 0.6 is 0 Å². The van der Waals surface area contributed by atoms with Crippen molar-refractivity contribution in [2.75, 3.05) is 39.5 Å². The van der Waals surface area contributed by atoms with Gasteiger partial charge in [-0.1, -0.05) is 0 Å². The zero-order valence-corrected chi connectivity index (χ0v) is 14.1. The van der Waals surface area contributed by atoms with Crippen LogP contribution in [0.25, 0.3) is 0 Å². The van der Waals surface area contributed by atoms with Gasteiger partial charge in [-0.3, -0.25) is 14.4 Å². The van der Waals surface area contributed by atoms with E-state index in [4.69, 9.17) is 9.47 Å². The number of carbonyl (C=O) groups is 3. The van der Waals surface area contributed by atoms with Gasteiger partial charge in [0.15, 0.2) is 11.5 Å². The summed E-state index contributed by atoms with van der Waals surface area (Å²) in [5.74, 6) is 0.924. The number of hydrogen-bond acceptors (Lipinski definition) is 5. The Morgan fingerprint density at radius 3 is 2.44 bits per heavy atom. The van der Waals surface area contributed by atoms with Crippen molar-refractivity contribution in [3.63, 3.8) is 0 Å². The highest BCUT2D eigenvalue weighted by atomic mass is 16.7. The van der Waals surface area contributed by atoms with E-state index in [2.05, 4.69) is 5.32 Å². The molecule has 0 aliphatic carbocycles. The summed E-state index contributed by atoms with van der Waals surface area (Å²) >= 11 is 0. The highest BCUT2D eigenvalue weighted by Crippen LogP contribution is 2.32. The zero-order valence-electron chi connectivity index (χ0n) is 14.1. The van der Waals surface area contributed by atoms with Gasteiger partial charge in [-0.25, -0.2) is 0 Å². The fourth-order valence-corrected chi connectivity index (χ4v) is 2.85. The number of piperazine rings is 1. The fraction of sp³-hybridized carbons (Fsp3) is 0.471. The average molecular weight is 347 g/mol. The second-order valence-electron chi connectivity index (χ2n) is 5.96. The molecule has 2 heterocycles. The Balaban J connectivity index is 1.42. The molecule has 1 N–H and O–H groups in total. The lowest BCUT2D eigenvalue weighted by molar-refractivity contribution is -0.138. The molecule has 0 bridgehead atoms. The summed E-state index contributed by atoms with van der Waals surface area (Å²) in [7, 11) is 0. The van der Waals surface area contributed by atoms with Crippen molar-refractivity contribution < 1.29 is 23.9 Å². The molecule has 3 amide bonds. The van der Waals surface area contributed by atoms with Crippen LogP contribution in [0, 0.1) is 0 Å². The highest BCUT2D eigenvalue weighted by molar-refractivity contribution is 5.95. The third-order valence-electron chi connectivity index (χ3n) is 4.34. The van der Waals surface area contributed by atoms with E-state index in [1.807, 2.05) is 0 Å². The lowest BCUT2D eigenvalue weighted by Gasteiger charge is -2.34. The number of carbonyl (C=O) groups excluding carboxylic acids is 3. The number of rotatable bonds is 4. The van der Waals surface area contributed by atoms with Gasteiger partial charge >= 0.3 is 0 Å². The average Bonchev–Trinajstić information content (AvgIpc) is 3.09. The molecule has 0 atom stereocenters. The second-order valence-corrected chi connectivity index (χ2v) is 5.96. The number of amides is 3. The van der Waals surface area contributed by atoms with E-state index in [1.54, 1.807) is 28.0 Å². The SMILES string of the molecule is CC(=O)N1CCN(C(=O)CCNC(=O)c2ccc3c(c2)OCO3)CC1. The molecule has 8 heteroatoms. The largest absolute Gasteiger partial charge is 0.454 e. The normalized spacial score (nSPS) is 15.9. The van der Waals surface area contributed by atoms with Crippen LogP contribution in [0.3, 0.4) is 0 Å². The smallest absolute Gasteiger partial charge is 0.251 e. The Kier molecular flexibility index (Phi) is 5.06. The van der Waals surface area contributed by atoms with Crippen LogP contribution in [0.15, 0.2) is 18.2 Å². The van der Waals surface area contributed by atoms with Gasteiger partial charge in [0.25, 0.3) is 5.91 Å². The van der Waals surface area contributed by atoms with Crippen LogP contribution < -0.4 is 14.8 Å². The van der Waals surface area contributed by atoms with Gasteiger partial charge in [0.1, 0.15) is 0 Å². The fourth-order valence-electron chi connectivity index (χ4n) is 2.85. The molecule has 2 aliphatic heterocycles. The monoisotopic (exact) mass is 347 g/mol. The molecule has 1 aromatic rings. The van der Waals surface area contributed by atoms with E-state index >= 15 is 0 Å². The first-order valence-electron chi connectivity index (χ1n) is 8.26.